The largest absolute Gasteiger partial charge is 0.379 e. The Morgan fingerprint density at radius 3 is 2.59 bits per heavy atom. The van der Waals surface area contributed by atoms with Crippen LogP contribution in [0.1, 0.15) is 29.6 Å². The summed E-state index contributed by atoms with van der Waals surface area (Å²) >= 11 is 0. The van der Waals surface area contributed by atoms with E-state index < -0.39 is 0 Å². The number of rotatable bonds is 6. The van der Waals surface area contributed by atoms with Gasteiger partial charge in [0.15, 0.2) is 5.78 Å². The van der Waals surface area contributed by atoms with Gasteiger partial charge in [0.25, 0.3) is 5.56 Å². The van der Waals surface area contributed by atoms with Gasteiger partial charge in [-0.25, -0.2) is 0 Å². The zero-order valence-electron chi connectivity index (χ0n) is 15.4. The van der Waals surface area contributed by atoms with Gasteiger partial charge < -0.3 is 9.72 Å². The van der Waals surface area contributed by atoms with Crippen molar-refractivity contribution in [3.63, 3.8) is 0 Å². The van der Waals surface area contributed by atoms with Gasteiger partial charge in [-0.1, -0.05) is 30.3 Å². The molecule has 0 aliphatic carbocycles. The molecule has 1 aromatic heterocycles. The SMILES string of the molecule is O=C(CCCCN1CCOCC1)c1ccc2c(c1)[nH]c(=O)c1ccccc12. The summed E-state index contributed by atoms with van der Waals surface area (Å²) in [4.78, 5) is 30.1. The monoisotopic (exact) mass is 364 g/mol. The van der Waals surface area contributed by atoms with E-state index in [9.17, 15) is 9.59 Å². The van der Waals surface area contributed by atoms with E-state index in [4.69, 9.17) is 4.74 Å². The third-order valence-corrected chi connectivity index (χ3v) is 5.28. The first-order chi connectivity index (χ1) is 13.2. The van der Waals surface area contributed by atoms with E-state index in [1.807, 2.05) is 42.5 Å². The minimum atomic E-state index is -0.117. The topological polar surface area (TPSA) is 62.4 Å². The second-order valence-corrected chi connectivity index (χ2v) is 7.09. The molecule has 2 heterocycles. The van der Waals surface area contributed by atoms with Crippen LogP contribution in [-0.4, -0.2) is 48.5 Å². The first-order valence-electron chi connectivity index (χ1n) is 9.60. The van der Waals surface area contributed by atoms with Crippen molar-refractivity contribution in [2.75, 3.05) is 32.8 Å². The van der Waals surface area contributed by atoms with Gasteiger partial charge in [0, 0.05) is 41.4 Å². The molecule has 1 aliphatic heterocycles. The molecule has 0 unspecified atom stereocenters. The summed E-state index contributed by atoms with van der Waals surface area (Å²) < 4.78 is 5.35. The zero-order valence-corrected chi connectivity index (χ0v) is 15.4. The summed E-state index contributed by atoms with van der Waals surface area (Å²) in [6, 6.07) is 13.2. The van der Waals surface area contributed by atoms with Crippen molar-refractivity contribution in [2.45, 2.75) is 19.3 Å². The van der Waals surface area contributed by atoms with Crippen molar-refractivity contribution in [1.82, 2.24) is 9.88 Å². The lowest BCUT2D eigenvalue weighted by Gasteiger charge is -2.26. The number of unbranched alkanes of at least 4 members (excludes halogenated alkanes) is 1. The Bertz CT molecular complexity index is 1020. The van der Waals surface area contributed by atoms with Crippen molar-refractivity contribution in [2.24, 2.45) is 0 Å². The number of Topliss-reactive ketones (excluding diaryl/α,β-unsaturated/α-hetero) is 1. The fourth-order valence-corrected chi connectivity index (χ4v) is 3.75. The minimum absolute atomic E-state index is 0.117. The standard InChI is InChI=1S/C22H24N2O3/c25-21(7-3-4-10-24-11-13-27-14-12-24)16-8-9-18-17-5-1-2-6-19(17)22(26)23-20(18)15-16/h1-2,5-6,8-9,15H,3-4,7,10-14H2,(H,23,26). The summed E-state index contributed by atoms with van der Waals surface area (Å²) in [5.74, 6) is 0.132. The Kier molecular flexibility index (Phi) is 5.32. The molecular formula is C22H24N2O3. The number of aromatic nitrogens is 1. The number of aromatic amines is 1. The molecule has 0 saturated carbocycles. The maximum absolute atomic E-state index is 12.6. The number of carbonyl (C=O) groups excluding carboxylic acids is 1. The number of pyridine rings is 1. The highest BCUT2D eigenvalue weighted by molar-refractivity contribution is 6.07. The van der Waals surface area contributed by atoms with E-state index >= 15 is 0 Å². The second kappa shape index (κ2) is 8.03. The van der Waals surface area contributed by atoms with Gasteiger partial charge in [-0.3, -0.25) is 14.5 Å². The average Bonchev–Trinajstić information content (AvgIpc) is 2.71. The molecule has 1 saturated heterocycles. The molecule has 0 amide bonds. The van der Waals surface area contributed by atoms with Crippen molar-refractivity contribution in [3.05, 3.63) is 58.4 Å². The smallest absolute Gasteiger partial charge is 0.256 e. The number of hydrogen-bond donors (Lipinski definition) is 1. The molecule has 27 heavy (non-hydrogen) atoms. The van der Waals surface area contributed by atoms with E-state index in [1.165, 1.54) is 0 Å². The van der Waals surface area contributed by atoms with Gasteiger partial charge in [-0.05, 0) is 36.9 Å². The van der Waals surface area contributed by atoms with E-state index in [2.05, 4.69) is 9.88 Å². The van der Waals surface area contributed by atoms with Crippen LogP contribution in [0.4, 0.5) is 0 Å². The summed E-state index contributed by atoms with van der Waals surface area (Å²) in [6.07, 6.45) is 2.43. The van der Waals surface area contributed by atoms with Crippen LogP contribution in [0.3, 0.4) is 0 Å². The fraction of sp³-hybridized carbons (Fsp3) is 0.364. The fourth-order valence-electron chi connectivity index (χ4n) is 3.75. The summed E-state index contributed by atoms with van der Waals surface area (Å²) in [5.41, 5.74) is 1.27. The molecule has 0 spiro atoms. The number of morpholine rings is 1. The van der Waals surface area contributed by atoms with Gasteiger partial charge in [-0.15, -0.1) is 0 Å². The first-order valence-corrected chi connectivity index (χ1v) is 9.60. The van der Waals surface area contributed by atoms with Gasteiger partial charge in [0.1, 0.15) is 0 Å². The number of fused-ring (bicyclic) bond motifs is 3. The molecule has 3 aromatic rings. The number of benzene rings is 2. The number of H-pyrrole nitrogens is 1. The molecule has 5 nitrogen and oxygen atoms in total. The Labute approximate surface area is 157 Å². The van der Waals surface area contributed by atoms with Crippen LogP contribution >= 0.6 is 0 Å². The van der Waals surface area contributed by atoms with Crippen LogP contribution in [-0.2, 0) is 4.74 Å². The van der Waals surface area contributed by atoms with E-state index in [1.54, 1.807) is 0 Å². The number of nitrogens with zero attached hydrogens (tertiary/aromatic N) is 1. The number of nitrogens with one attached hydrogen (secondary N) is 1. The van der Waals surface area contributed by atoms with Crippen molar-refractivity contribution in [1.29, 1.82) is 0 Å². The third kappa shape index (κ3) is 3.94. The minimum Gasteiger partial charge on any atom is -0.379 e. The number of ether oxygens (including phenoxy) is 1. The van der Waals surface area contributed by atoms with Crippen molar-refractivity contribution in [3.8, 4) is 0 Å². The number of ketones is 1. The van der Waals surface area contributed by atoms with Crippen molar-refractivity contribution >= 4 is 27.5 Å². The lowest BCUT2D eigenvalue weighted by molar-refractivity contribution is 0.0371. The molecule has 1 fully saturated rings. The molecule has 0 bridgehead atoms. The Morgan fingerprint density at radius 1 is 1.00 bits per heavy atom. The first kappa shape index (κ1) is 17.9. The van der Waals surface area contributed by atoms with Gasteiger partial charge in [0.2, 0.25) is 0 Å². The number of carbonyl (C=O) groups is 1. The molecular weight excluding hydrogens is 340 g/mol. The molecule has 2 aromatic carbocycles. The normalized spacial score (nSPS) is 15.4. The lowest BCUT2D eigenvalue weighted by atomic mass is 10.0. The molecule has 1 aliphatic rings. The van der Waals surface area contributed by atoms with E-state index in [0.717, 1.165) is 62.0 Å². The Hall–Kier alpha value is -2.50. The van der Waals surface area contributed by atoms with Crippen LogP contribution in [0.2, 0.25) is 0 Å². The van der Waals surface area contributed by atoms with Gasteiger partial charge >= 0.3 is 0 Å². The summed E-state index contributed by atoms with van der Waals surface area (Å²) in [7, 11) is 0. The van der Waals surface area contributed by atoms with E-state index in [0.29, 0.717) is 17.4 Å². The Balaban J connectivity index is 1.44. The zero-order chi connectivity index (χ0) is 18.6. The second-order valence-electron chi connectivity index (χ2n) is 7.09. The quantitative estimate of drug-likeness (QED) is 0.414. The van der Waals surface area contributed by atoms with Crippen LogP contribution in [0.25, 0.3) is 21.7 Å². The lowest BCUT2D eigenvalue weighted by Crippen LogP contribution is -2.36. The molecule has 140 valence electrons. The highest BCUT2D eigenvalue weighted by atomic mass is 16.5. The predicted octanol–water partition coefficient (Wildman–Crippen LogP) is 3.37. The molecule has 1 N–H and O–H groups in total. The van der Waals surface area contributed by atoms with Crippen LogP contribution < -0.4 is 5.56 Å². The average molecular weight is 364 g/mol. The number of hydrogen-bond acceptors (Lipinski definition) is 4. The van der Waals surface area contributed by atoms with Crippen LogP contribution in [0.5, 0.6) is 0 Å². The molecule has 0 radical (unpaired) electrons. The van der Waals surface area contributed by atoms with Gasteiger partial charge in [0.05, 0.1) is 13.2 Å². The highest BCUT2D eigenvalue weighted by Gasteiger charge is 2.12. The predicted molar refractivity (Wildman–Crippen MR) is 108 cm³/mol. The molecule has 0 atom stereocenters. The summed E-state index contributed by atoms with van der Waals surface area (Å²) in [6.45, 7) is 4.61. The van der Waals surface area contributed by atoms with Crippen LogP contribution in [0.15, 0.2) is 47.3 Å². The molecule has 5 heteroatoms. The Morgan fingerprint density at radius 2 is 1.78 bits per heavy atom. The highest BCUT2D eigenvalue weighted by Crippen LogP contribution is 2.22. The van der Waals surface area contributed by atoms with Crippen LogP contribution in [0, 0.1) is 0 Å². The third-order valence-electron chi connectivity index (χ3n) is 5.28. The maximum atomic E-state index is 12.6. The van der Waals surface area contributed by atoms with Gasteiger partial charge in [-0.2, -0.15) is 0 Å². The summed E-state index contributed by atoms with van der Waals surface area (Å²) in [5, 5.41) is 2.56. The molecule has 4 rings (SSSR count). The maximum Gasteiger partial charge on any atom is 0.256 e. The van der Waals surface area contributed by atoms with Crippen molar-refractivity contribution < 1.29 is 9.53 Å². The van der Waals surface area contributed by atoms with E-state index in [-0.39, 0.29) is 11.3 Å².